The molecule has 0 radical (unpaired) electrons. The molecule has 0 aromatic carbocycles. The van der Waals surface area contributed by atoms with Crippen molar-refractivity contribution in [3.63, 3.8) is 0 Å². The van der Waals surface area contributed by atoms with Crippen LogP contribution >= 0.6 is 0 Å². The molecule has 2 bridgehead atoms. The minimum atomic E-state index is 0.657. The number of hydrogen-bond donors (Lipinski definition) is 0. The minimum Gasteiger partial charge on any atom is -0.368 e. The van der Waals surface area contributed by atoms with Crippen LogP contribution in [0.2, 0.25) is 0 Å². The van der Waals surface area contributed by atoms with E-state index in [1.807, 2.05) is 0 Å². The van der Waals surface area contributed by atoms with E-state index < -0.39 is 0 Å². The topological polar surface area (TPSA) is 12.5 Å². The molecule has 8 heavy (non-hydrogen) atoms. The molecule has 1 nitrogen and oxygen atoms in total. The maximum atomic E-state index is 5.38. The number of ether oxygens (including phenoxy) is 1. The summed E-state index contributed by atoms with van der Waals surface area (Å²) in [6.07, 6.45) is 7.34. The van der Waals surface area contributed by atoms with E-state index in [1.54, 1.807) is 0 Å². The van der Waals surface area contributed by atoms with E-state index in [9.17, 15) is 0 Å². The van der Waals surface area contributed by atoms with Crippen molar-refractivity contribution in [3.8, 4) is 0 Å². The summed E-state index contributed by atoms with van der Waals surface area (Å²) in [7, 11) is 0. The van der Waals surface area contributed by atoms with Gasteiger partial charge in [0.15, 0.2) is 0 Å². The van der Waals surface area contributed by atoms with E-state index in [1.165, 1.54) is 6.42 Å². The van der Waals surface area contributed by atoms with Gasteiger partial charge in [0.1, 0.15) is 0 Å². The standard InChI is InChI=1S/C7H8O/c1-2-5-3-4(1)6-7(5)8-6/h1-2,4-7H,3H2/t4-,5+,6+,7-. The third kappa shape index (κ3) is 0.244. The smallest absolute Gasteiger partial charge is 0.0910 e. The van der Waals surface area contributed by atoms with Crippen LogP contribution in [-0.4, -0.2) is 12.2 Å². The SMILES string of the molecule is C1=C[C@H]2C[C@@H]1[C@@H]1O[C@@H]12. The second-order valence-electron chi connectivity index (χ2n) is 3.01. The Morgan fingerprint density at radius 2 is 1.75 bits per heavy atom. The summed E-state index contributed by atoms with van der Waals surface area (Å²) >= 11 is 0. The fraction of sp³-hybridized carbons (Fsp3) is 0.714. The lowest BCUT2D eigenvalue weighted by molar-refractivity contribution is 0.274. The zero-order chi connectivity index (χ0) is 5.14. The third-order valence-electron chi connectivity index (χ3n) is 2.56. The summed E-state index contributed by atoms with van der Waals surface area (Å²) in [5, 5.41) is 0. The quantitative estimate of drug-likeness (QED) is 0.332. The van der Waals surface area contributed by atoms with Gasteiger partial charge in [-0.05, 0) is 6.42 Å². The van der Waals surface area contributed by atoms with Crippen molar-refractivity contribution in [1.82, 2.24) is 0 Å². The van der Waals surface area contributed by atoms with Crippen LogP contribution in [-0.2, 0) is 4.74 Å². The van der Waals surface area contributed by atoms with E-state index >= 15 is 0 Å². The maximum Gasteiger partial charge on any atom is 0.0910 e. The molecule has 0 unspecified atom stereocenters. The van der Waals surface area contributed by atoms with Crippen molar-refractivity contribution in [2.24, 2.45) is 11.8 Å². The van der Waals surface area contributed by atoms with Gasteiger partial charge in [0.25, 0.3) is 0 Å². The van der Waals surface area contributed by atoms with Crippen molar-refractivity contribution < 1.29 is 4.74 Å². The highest BCUT2D eigenvalue weighted by molar-refractivity contribution is 5.21. The first-order valence-corrected chi connectivity index (χ1v) is 3.29. The van der Waals surface area contributed by atoms with Crippen LogP contribution in [0.25, 0.3) is 0 Å². The van der Waals surface area contributed by atoms with Gasteiger partial charge in [-0.2, -0.15) is 0 Å². The van der Waals surface area contributed by atoms with Crippen LogP contribution in [0.1, 0.15) is 6.42 Å². The summed E-state index contributed by atoms with van der Waals surface area (Å²) in [6.45, 7) is 0. The molecule has 2 aliphatic carbocycles. The van der Waals surface area contributed by atoms with Gasteiger partial charge in [-0.25, -0.2) is 0 Å². The van der Waals surface area contributed by atoms with Gasteiger partial charge >= 0.3 is 0 Å². The van der Waals surface area contributed by atoms with Crippen LogP contribution in [0, 0.1) is 11.8 Å². The van der Waals surface area contributed by atoms with E-state index in [0.29, 0.717) is 12.2 Å². The van der Waals surface area contributed by atoms with Crippen LogP contribution in [0.5, 0.6) is 0 Å². The minimum absolute atomic E-state index is 0.657. The summed E-state index contributed by atoms with van der Waals surface area (Å²) in [4.78, 5) is 0. The Morgan fingerprint density at radius 3 is 2.12 bits per heavy atom. The Bertz CT molecular complexity index is 146. The Balaban J connectivity index is 2.12. The maximum absolute atomic E-state index is 5.38. The van der Waals surface area contributed by atoms with Crippen molar-refractivity contribution >= 4 is 0 Å². The monoisotopic (exact) mass is 108 g/mol. The first kappa shape index (κ1) is 3.67. The Morgan fingerprint density at radius 1 is 1.12 bits per heavy atom. The number of epoxide rings is 1. The molecule has 0 amide bonds. The molecule has 0 spiro atoms. The average molecular weight is 108 g/mol. The first-order valence-electron chi connectivity index (χ1n) is 3.29. The highest BCUT2D eigenvalue weighted by Gasteiger charge is 2.57. The molecule has 0 aromatic rings. The van der Waals surface area contributed by atoms with Crippen molar-refractivity contribution in [3.05, 3.63) is 12.2 Å². The predicted octanol–water partition coefficient (Wildman–Crippen LogP) is 0.960. The van der Waals surface area contributed by atoms with E-state index in [2.05, 4.69) is 12.2 Å². The lowest BCUT2D eigenvalue weighted by atomic mass is 10.1. The van der Waals surface area contributed by atoms with Gasteiger partial charge in [-0.3, -0.25) is 0 Å². The summed E-state index contributed by atoms with van der Waals surface area (Å²) in [5.41, 5.74) is 0. The van der Waals surface area contributed by atoms with Gasteiger partial charge in [0.05, 0.1) is 12.2 Å². The number of fused-ring (bicyclic) bond motifs is 5. The lowest BCUT2D eigenvalue weighted by Crippen LogP contribution is -1.98. The normalized spacial score (nSPS) is 64.0. The molecular weight excluding hydrogens is 100 g/mol. The molecule has 42 valence electrons. The number of rotatable bonds is 0. The molecule has 4 atom stereocenters. The molecule has 0 N–H and O–H groups in total. The molecule has 1 heteroatoms. The van der Waals surface area contributed by atoms with E-state index in [4.69, 9.17) is 4.74 Å². The van der Waals surface area contributed by atoms with Gasteiger partial charge in [0, 0.05) is 11.8 Å². The van der Waals surface area contributed by atoms with Crippen LogP contribution in [0.15, 0.2) is 12.2 Å². The van der Waals surface area contributed by atoms with E-state index in [-0.39, 0.29) is 0 Å². The number of hydrogen-bond acceptors (Lipinski definition) is 1. The van der Waals surface area contributed by atoms with Gasteiger partial charge < -0.3 is 4.74 Å². The Labute approximate surface area is 48.3 Å². The largest absolute Gasteiger partial charge is 0.368 e. The first-order chi connectivity index (χ1) is 3.95. The second kappa shape index (κ2) is 0.883. The molecule has 1 heterocycles. The summed E-state index contributed by atoms with van der Waals surface area (Å²) in [5.74, 6) is 1.62. The van der Waals surface area contributed by atoms with Crippen LogP contribution in [0.3, 0.4) is 0 Å². The van der Waals surface area contributed by atoms with Crippen LogP contribution in [0.4, 0.5) is 0 Å². The molecular formula is C7H8O. The van der Waals surface area contributed by atoms with Gasteiger partial charge in [-0.15, -0.1) is 0 Å². The van der Waals surface area contributed by atoms with Gasteiger partial charge in [-0.1, -0.05) is 12.2 Å². The second-order valence-corrected chi connectivity index (χ2v) is 3.01. The molecule has 2 fully saturated rings. The molecule has 1 saturated heterocycles. The van der Waals surface area contributed by atoms with E-state index in [0.717, 1.165) is 11.8 Å². The molecule has 1 aliphatic heterocycles. The summed E-state index contributed by atoms with van der Waals surface area (Å²) < 4.78 is 5.38. The molecule has 3 rings (SSSR count). The zero-order valence-electron chi connectivity index (χ0n) is 4.58. The van der Waals surface area contributed by atoms with Crippen molar-refractivity contribution in [2.75, 3.05) is 0 Å². The van der Waals surface area contributed by atoms with Gasteiger partial charge in [0.2, 0.25) is 0 Å². The molecule has 1 saturated carbocycles. The predicted molar refractivity (Wildman–Crippen MR) is 29.4 cm³/mol. The average Bonchev–Trinajstić information content (AvgIpc) is 2.39. The third-order valence-corrected chi connectivity index (χ3v) is 2.56. The Kier molecular flexibility index (Phi) is 0.406. The zero-order valence-corrected chi connectivity index (χ0v) is 4.58. The fourth-order valence-electron chi connectivity index (χ4n) is 2.07. The van der Waals surface area contributed by atoms with Crippen LogP contribution < -0.4 is 0 Å². The molecule has 0 aromatic heterocycles. The van der Waals surface area contributed by atoms with Crippen molar-refractivity contribution in [2.45, 2.75) is 18.6 Å². The molecule has 3 aliphatic rings. The highest BCUT2D eigenvalue weighted by Crippen LogP contribution is 2.52. The Hall–Kier alpha value is -0.300. The lowest BCUT2D eigenvalue weighted by Gasteiger charge is -1.97. The highest BCUT2D eigenvalue weighted by atomic mass is 16.6. The van der Waals surface area contributed by atoms with Crippen molar-refractivity contribution in [1.29, 1.82) is 0 Å². The fourth-order valence-corrected chi connectivity index (χ4v) is 2.07. The summed E-state index contributed by atoms with van der Waals surface area (Å²) in [6, 6.07) is 0.